The normalized spacial score (nSPS) is 15.4. The maximum atomic E-state index is 13.3. The Kier molecular flexibility index (Phi) is 9.82. The van der Waals surface area contributed by atoms with Crippen molar-refractivity contribution in [1.29, 1.82) is 0 Å². The molecule has 1 saturated heterocycles. The highest BCUT2D eigenvalue weighted by Crippen LogP contribution is 2.36. The number of nitrogens with zero attached hydrogens (tertiary/aromatic N) is 3. The highest BCUT2D eigenvalue weighted by molar-refractivity contribution is 8.18. The number of amidine groups is 1. The van der Waals surface area contributed by atoms with E-state index in [-0.39, 0.29) is 19.1 Å². The van der Waals surface area contributed by atoms with Crippen LogP contribution in [0.3, 0.4) is 0 Å². The molecule has 0 spiro atoms. The molecule has 0 aliphatic carbocycles. The lowest BCUT2D eigenvalue weighted by molar-refractivity contribution is -0.122. The van der Waals surface area contributed by atoms with Crippen molar-refractivity contribution in [2.24, 2.45) is 10.2 Å². The minimum Gasteiger partial charge on any atom is -0.493 e. The lowest BCUT2D eigenvalue weighted by atomic mass is 10.2. The Morgan fingerprint density at radius 1 is 0.976 bits per heavy atom. The zero-order chi connectivity index (χ0) is 29.6. The summed E-state index contributed by atoms with van der Waals surface area (Å²) in [6.07, 6.45) is 4.79. The summed E-state index contributed by atoms with van der Waals surface area (Å²) in [5.74, 6) is 1.38. The molecule has 0 bridgehead atoms. The van der Waals surface area contributed by atoms with Gasteiger partial charge in [-0.3, -0.25) is 9.69 Å². The quantitative estimate of drug-likeness (QED) is 0.102. The molecule has 0 atom stereocenters. The van der Waals surface area contributed by atoms with Gasteiger partial charge in [0.15, 0.2) is 16.7 Å². The monoisotopic (exact) mass is 659 g/mol. The van der Waals surface area contributed by atoms with Crippen LogP contribution in [0.15, 0.2) is 92.5 Å². The van der Waals surface area contributed by atoms with Crippen LogP contribution in [0.25, 0.3) is 6.08 Å². The van der Waals surface area contributed by atoms with Crippen LogP contribution in [0, 0.1) is 0 Å². The van der Waals surface area contributed by atoms with Gasteiger partial charge in [0.2, 0.25) is 0 Å². The molecule has 1 aliphatic heterocycles. The van der Waals surface area contributed by atoms with E-state index in [4.69, 9.17) is 60.3 Å². The molecule has 42 heavy (non-hydrogen) atoms. The Hall–Kier alpha value is -3.40. The van der Waals surface area contributed by atoms with E-state index in [1.165, 1.54) is 16.7 Å². The summed E-state index contributed by atoms with van der Waals surface area (Å²) >= 11 is 25.9. The van der Waals surface area contributed by atoms with Crippen molar-refractivity contribution in [2.75, 3.05) is 7.11 Å². The summed E-state index contributed by atoms with van der Waals surface area (Å²) < 4.78 is 16.9. The number of amides is 1. The number of carbonyl (C=O) groups is 1. The number of hydrogen-bond acceptors (Lipinski definition) is 7. The molecule has 0 unspecified atom stereocenters. The lowest BCUT2D eigenvalue weighted by Crippen LogP contribution is -2.28. The molecule has 4 aromatic rings. The fourth-order valence-electron chi connectivity index (χ4n) is 3.88. The summed E-state index contributed by atoms with van der Waals surface area (Å²) in [7, 11) is 1.55. The van der Waals surface area contributed by atoms with Crippen molar-refractivity contribution in [3.63, 3.8) is 0 Å². The molecule has 0 saturated carbocycles. The molecule has 3 aromatic carbocycles. The minimum absolute atomic E-state index is 0.186. The molecule has 1 aromatic heterocycles. The second-order valence-corrected chi connectivity index (χ2v) is 11.4. The van der Waals surface area contributed by atoms with Gasteiger partial charge in [-0.2, -0.15) is 5.10 Å². The molecule has 214 valence electrons. The van der Waals surface area contributed by atoms with Crippen molar-refractivity contribution in [3.05, 3.63) is 120 Å². The first-order valence-electron chi connectivity index (χ1n) is 12.4. The molecule has 1 fully saturated rings. The van der Waals surface area contributed by atoms with Crippen molar-refractivity contribution < 1.29 is 18.7 Å². The van der Waals surface area contributed by atoms with Crippen LogP contribution in [0.4, 0.5) is 0 Å². The lowest BCUT2D eigenvalue weighted by Gasteiger charge is -2.13. The number of methoxy groups -OCH3 is 1. The van der Waals surface area contributed by atoms with Gasteiger partial charge in [0.05, 0.1) is 41.1 Å². The highest BCUT2D eigenvalue weighted by Gasteiger charge is 2.34. The van der Waals surface area contributed by atoms with Gasteiger partial charge in [0, 0.05) is 15.6 Å². The van der Waals surface area contributed by atoms with Gasteiger partial charge in [-0.15, -0.1) is 5.10 Å². The zero-order valence-corrected chi connectivity index (χ0v) is 25.7. The molecule has 7 nitrogen and oxygen atoms in total. The van der Waals surface area contributed by atoms with E-state index in [9.17, 15) is 4.79 Å². The number of rotatable bonds is 9. The van der Waals surface area contributed by atoms with E-state index in [1.807, 2.05) is 12.1 Å². The maximum Gasteiger partial charge on any atom is 0.267 e. The Morgan fingerprint density at radius 3 is 2.60 bits per heavy atom. The number of carbonyl (C=O) groups excluding carboxylic acids is 1. The molecule has 12 heteroatoms. The third-order valence-electron chi connectivity index (χ3n) is 5.99. The highest BCUT2D eigenvalue weighted by atomic mass is 35.5. The maximum absolute atomic E-state index is 13.3. The van der Waals surface area contributed by atoms with Crippen molar-refractivity contribution >= 4 is 81.5 Å². The number of thioether (sulfide) groups is 1. The van der Waals surface area contributed by atoms with Crippen LogP contribution in [-0.2, 0) is 17.9 Å². The molecule has 0 radical (unpaired) electrons. The van der Waals surface area contributed by atoms with Crippen LogP contribution < -0.4 is 9.47 Å². The Morgan fingerprint density at radius 2 is 1.83 bits per heavy atom. The molecular weight excluding hydrogens is 640 g/mol. The topological polar surface area (TPSA) is 76.6 Å². The van der Waals surface area contributed by atoms with Gasteiger partial charge < -0.3 is 13.9 Å². The van der Waals surface area contributed by atoms with Crippen LogP contribution in [0.5, 0.6) is 11.5 Å². The van der Waals surface area contributed by atoms with Gasteiger partial charge in [-0.25, -0.2) is 0 Å². The Labute approximate surface area is 266 Å². The fraction of sp³-hybridized carbons (Fsp3) is 0.100. The first kappa shape index (κ1) is 30.1. The third kappa shape index (κ3) is 7.14. The predicted octanol–water partition coefficient (Wildman–Crippen LogP) is 8.99. The van der Waals surface area contributed by atoms with Crippen LogP contribution >= 0.6 is 58.2 Å². The van der Waals surface area contributed by atoms with E-state index in [1.54, 1.807) is 80.3 Å². The predicted molar refractivity (Wildman–Crippen MR) is 170 cm³/mol. The Bertz CT molecular complexity index is 1710. The molecule has 5 rings (SSSR count). The third-order valence-corrected chi connectivity index (χ3v) is 8.40. The number of furan rings is 1. The molecule has 2 heterocycles. The zero-order valence-electron chi connectivity index (χ0n) is 21.9. The summed E-state index contributed by atoms with van der Waals surface area (Å²) in [4.78, 5) is 15.3. The van der Waals surface area contributed by atoms with Gasteiger partial charge >= 0.3 is 0 Å². The summed E-state index contributed by atoms with van der Waals surface area (Å²) in [5.41, 5.74) is 2.12. The van der Waals surface area contributed by atoms with Crippen LogP contribution in [-0.4, -0.2) is 29.3 Å². The van der Waals surface area contributed by atoms with Crippen molar-refractivity contribution in [1.82, 2.24) is 4.90 Å². The number of benzene rings is 3. The van der Waals surface area contributed by atoms with Crippen LogP contribution in [0.1, 0.15) is 22.5 Å². The van der Waals surface area contributed by atoms with Gasteiger partial charge in [0.25, 0.3) is 5.91 Å². The van der Waals surface area contributed by atoms with Gasteiger partial charge in [-0.05, 0) is 77.5 Å². The van der Waals surface area contributed by atoms with Crippen LogP contribution in [0.2, 0.25) is 20.1 Å². The number of hydrogen-bond donors (Lipinski definition) is 0. The van der Waals surface area contributed by atoms with E-state index in [0.29, 0.717) is 58.5 Å². The first-order chi connectivity index (χ1) is 20.3. The van der Waals surface area contributed by atoms with Gasteiger partial charge in [-0.1, -0.05) is 64.6 Å². The SMILES string of the molecule is COc1cc(/C=N\N=C2\S/C(=C\c3cccc(Cl)c3Cl)C(=O)N2Cc2ccco2)ccc1OCc1ccc(Cl)cc1Cl. The second-order valence-electron chi connectivity index (χ2n) is 8.79. The smallest absolute Gasteiger partial charge is 0.267 e. The molecule has 1 amide bonds. The van der Waals surface area contributed by atoms with E-state index in [0.717, 1.165) is 5.56 Å². The molecule has 1 aliphatic rings. The number of halogens is 4. The average molecular weight is 661 g/mol. The second kappa shape index (κ2) is 13.7. The van der Waals surface area contributed by atoms with E-state index >= 15 is 0 Å². The average Bonchev–Trinajstić information content (AvgIpc) is 3.59. The largest absolute Gasteiger partial charge is 0.493 e. The van der Waals surface area contributed by atoms with Crippen molar-refractivity contribution in [2.45, 2.75) is 13.2 Å². The first-order valence-corrected chi connectivity index (χ1v) is 14.7. The van der Waals surface area contributed by atoms with E-state index < -0.39 is 0 Å². The molecule has 0 N–H and O–H groups in total. The summed E-state index contributed by atoms with van der Waals surface area (Å²) in [6, 6.07) is 19.3. The number of ether oxygens (including phenoxy) is 2. The van der Waals surface area contributed by atoms with E-state index in [2.05, 4.69) is 10.2 Å². The minimum atomic E-state index is -0.259. The standard InChI is InChI=1S/C30H21Cl4N3O4S/c1-39-26-12-18(7-10-25(26)41-17-20-8-9-21(31)14-24(20)33)15-35-36-30-37(16-22-5-3-11-40-22)29(38)27(42-30)13-19-4-2-6-23(32)28(19)34/h2-15H,16-17H2,1H3/b27-13-,35-15-,36-30+. The molecular formula is C30H21Cl4N3O4S. The summed E-state index contributed by atoms with van der Waals surface area (Å²) in [5, 5.41) is 10.8. The van der Waals surface area contributed by atoms with Gasteiger partial charge in [0.1, 0.15) is 12.4 Å². The Balaban J connectivity index is 1.35. The summed E-state index contributed by atoms with van der Waals surface area (Å²) in [6.45, 7) is 0.422. The fourth-order valence-corrected chi connectivity index (χ4v) is 5.63. The van der Waals surface area contributed by atoms with Crippen molar-refractivity contribution in [3.8, 4) is 11.5 Å².